The van der Waals surface area contributed by atoms with E-state index >= 15 is 0 Å². The first-order valence-corrected chi connectivity index (χ1v) is 10.2. The lowest BCUT2D eigenvalue weighted by Gasteiger charge is -2.29. The molecule has 0 aromatic rings. The number of carbonyl (C=O) groups excluding carboxylic acids is 2. The highest BCUT2D eigenvalue weighted by Gasteiger charge is 2.34. The number of hydrogen-bond donors (Lipinski definition) is 0. The van der Waals surface area contributed by atoms with Crippen LogP contribution in [-0.2, 0) is 19.1 Å². The molecule has 1 fully saturated rings. The topological polar surface area (TPSA) is 52.6 Å². The Labute approximate surface area is 154 Å². The van der Waals surface area contributed by atoms with Crippen molar-refractivity contribution >= 4 is 11.9 Å². The first-order valence-electron chi connectivity index (χ1n) is 10.2. The van der Waals surface area contributed by atoms with Crippen LogP contribution < -0.4 is 0 Å². The van der Waals surface area contributed by atoms with Crippen LogP contribution in [0.3, 0.4) is 0 Å². The molecule has 25 heavy (non-hydrogen) atoms. The molecule has 0 heterocycles. The van der Waals surface area contributed by atoms with Crippen molar-refractivity contribution in [2.24, 2.45) is 11.8 Å². The first-order chi connectivity index (χ1) is 11.8. The standard InChI is InChI=1S/C21H38O4/c1-5-6-7-8-9-10-11-15-24-19(22)17-13-12-14-18(16-17)20(23)25-21(2,3)4/h17-18H,5-16H2,1-4H3. The summed E-state index contributed by atoms with van der Waals surface area (Å²) in [7, 11) is 0. The molecule has 0 bridgehead atoms. The monoisotopic (exact) mass is 354 g/mol. The van der Waals surface area contributed by atoms with Gasteiger partial charge >= 0.3 is 11.9 Å². The lowest BCUT2D eigenvalue weighted by molar-refractivity contribution is -0.163. The molecule has 0 aromatic heterocycles. The summed E-state index contributed by atoms with van der Waals surface area (Å²) in [6, 6.07) is 0. The fraction of sp³-hybridized carbons (Fsp3) is 0.905. The summed E-state index contributed by atoms with van der Waals surface area (Å²) in [5, 5.41) is 0. The van der Waals surface area contributed by atoms with Crippen molar-refractivity contribution in [2.45, 2.75) is 104 Å². The van der Waals surface area contributed by atoms with E-state index in [4.69, 9.17) is 9.47 Å². The molecule has 0 saturated heterocycles. The number of hydrogen-bond acceptors (Lipinski definition) is 4. The third kappa shape index (κ3) is 9.86. The Bertz CT molecular complexity index is 397. The predicted molar refractivity (Wildman–Crippen MR) is 100 cm³/mol. The van der Waals surface area contributed by atoms with Crippen LogP contribution in [0.15, 0.2) is 0 Å². The number of esters is 2. The molecule has 1 aliphatic carbocycles. The van der Waals surface area contributed by atoms with Gasteiger partial charge in [-0.25, -0.2) is 0 Å². The predicted octanol–water partition coefficient (Wildman–Crippen LogP) is 5.43. The van der Waals surface area contributed by atoms with Gasteiger partial charge < -0.3 is 9.47 Å². The lowest BCUT2D eigenvalue weighted by atomic mass is 9.81. The van der Waals surface area contributed by atoms with Gasteiger partial charge in [0.2, 0.25) is 0 Å². The average molecular weight is 355 g/mol. The molecule has 0 N–H and O–H groups in total. The largest absolute Gasteiger partial charge is 0.465 e. The third-order valence-electron chi connectivity index (χ3n) is 4.74. The average Bonchev–Trinajstić information content (AvgIpc) is 2.55. The van der Waals surface area contributed by atoms with Gasteiger partial charge in [0.1, 0.15) is 5.60 Å². The van der Waals surface area contributed by atoms with Gasteiger partial charge in [0, 0.05) is 0 Å². The maximum atomic E-state index is 12.3. The highest BCUT2D eigenvalue weighted by atomic mass is 16.6. The van der Waals surface area contributed by atoms with E-state index < -0.39 is 5.60 Å². The van der Waals surface area contributed by atoms with Crippen molar-refractivity contribution in [3.63, 3.8) is 0 Å². The van der Waals surface area contributed by atoms with Gasteiger partial charge in [-0.3, -0.25) is 9.59 Å². The van der Waals surface area contributed by atoms with Crippen LogP contribution in [0, 0.1) is 11.8 Å². The van der Waals surface area contributed by atoms with Crippen LogP contribution in [0.25, 0.3) is 0 Å². The van der Waals surface area contributed by atoms with Crippen LogP contribution in [0.4, 0.5) is 0 Å². The molecule has 4 heteroatoms. The lowest BCUT2D eigenvalue weighted by Crippen LogP contribution is -2.33. The zero-order valence-electron chi connectivity index (χ0n) is 16.8. The minimum Gasteiger partial charge on any atom is -0.465 e. The van der Waals surface area contributed by atoms with Gasteiger partial charge in [-0.1, -0.05) is 51.9 Å². The summed E-state index contributed by atoms with van der Waals surface area (Å²) in [5.41, 5.74) is -0.471. The van der Waals surface area contributed by atoms with Crippen LogP contribution in [0.1, 0.15) is 98.3 Å². The molecule has 2 atom stereocenters. The Morgan fingerprint density at radius 2 is 1.44 bits per heavy atom. The maximum absolute atomic E-state index is 12.3. The van der Waals surface area contributed by atoms with Gasteiger partial charge in [0.15, 0.2) is 0 Å². The molecular weight excluding hydrogens is 316 g/mol. The molecule has 0 radical (unpaired) electrons. The second-order valence-electron chi connectivity index (χ2n) is 8.38. The van der Waals surface area contributed by atoms with E-state index in [0.717, 1.165) is 32.1 Å². The van der Waals surface area contributed by atoms with Crippen LogP contribution >= 0.6 is 0 Å². The number of ether oxygens (including phenoxy) is 2. The van der Waals surface area contributed by atoms with E-state index in [1.165, 1.54) is 32.1 Å². The van der Waals surface area contributed by atoms with Crippen molar-refractivity contribution in [3.05, 3.63) is 0 Å². The Morgan fingerprint density at radius 3 is 2.04 bits per heavy atom. The van der Waals surface area contributed by atoms with Gasteiger partial charge in [-0.15, -0.1) is 0 Å². The molecule has 4 nitrogen and oxygen atoms in total. The van der Waals surface area contributed by atoms with Gasteiger partial charge in [-0.05, 0) is 46.5 Å². The summed E-state index contributed by atoms with van der Waals surface area (Å²) in [5.74, 6) is -0.601. The fourth-order valence-corrected chi connectivity index (χ4v) is 3.35. The minimum atomic E-state index is -0.471. The van der Waals surface area contributed by atoms with Gasteiger partial charge in [-0.2, -0.15) is 0 Å². The van der Waals surface area contributed by atoms with E-state index in [9.17, 15) is 9.59 Å². The van der Waals surface area contributed by atoms with E-state index in [1.54, 1.807) is 0 Å². The van der Waals surface area contributed by atoms with E-state index in [-0.39, 0.29) is 23.8 Å². The highest BCUT2D eigenvalue weighted by molar-refractivity contribution is 5.76. The van der Waals surface area contributed by atoms with Crippen molar-refractivity contribution in [2.75, 3.05) is 6.61 Å². The molecule has 0 spiro atoms. The summed E-state index contributed by atoms with van der Waals surface area (Å²) in [6.07, 6.45) is 11.6. The molecule has 0 amide bonds. The summed E-state index contributed by atoms with van der Waals surface area (Å²) < 4.78 is 10.9. The Balaban J connectivity index is 2.21. The molecule has 0 aromatic carbocycles. The minimum absolute atomic E-state index is 0.126. The van der Waals surface area contributed by atoms with Crippen molar-refractivity contribution in [1.82, 2.24) is 0 Å². The molecular formula is C21H38O4. The molecule has 1 aliphatic rings. The van der Waals surface area contributed by atoms with E-state index in [1.807, 2.05) is 20.8 Å². The normalized spacial score (nSPS) is 21.0. The molecule has 2 unspecified atom stereocenters. The quantitative estimate of drug-likeness (QED) is 0.388. The molecule has 146 valence electrons. The first kappa shape index (κ1) is 22.0. The van der Waals surface area contributed by atoms with Crippen molar-refractivity contribution in [1.29, 1.82) is 0 Å². The Hall–Kier alpha value is -1.06. The number of unbranched alkanes of at least 4 members (excludes halogenated alkanes) is 6. The molecule has 1 saturated carbocycles. The SMILES string of the molecule is CCCCCCCCCOC(=O)C1CCCC(C(=O)OC(C)(C)C)C1. The van der Waals surface area contributed by atoms with Crippen LogP contribution in [0.2, 0.25) is 0 Å². The second-order valence-corrected chi connectivity index (χ2v) is 8.38. The van der Waals surface area contributed by atoms with Crippen LogP contribution in [0.5, 0.6) is 0 Å². The van der Waals surface area contributed by atoms with Crippen molar-refractivity contribution in [3.8, 4) is 0 Å². The Kier molecular flexibility index (Phi) is 10.1. The second kappa shape index (κ2) is 11.5. The zero-order chi connectivity index (χ0) is 18.7. The zero-order valence-corrected chi connectivity index (χ0v) is 16.8. The van der Waals surface area contributed by atoms with Gasteiger partial charge in [0.05, 0.1) is 18.4 Å². The van der Waals surface area contributed by atoms with Crippen LogP contribution in [-0.4, -0.2) is 24.1 Å². The van der Waals surface area contributed by atoms with E-state index in [0.29, 0.717) is 13.0 Å². The Morgan fingerprint density at radius 1 is 0.880 bits per heavy atom. The molecule has 1 rings (SSSR count). The summed E-state index contributed by atoms with van der Waals surface area (Å²) in [4.78, 5) is 24.5. The molecule has 0 aliphatic heterocycles. The van der Waals surface area contributed by atoms with Gasteiger partial charge in [0.25, 0.3) is 0 Å². The number of rotatable bonds is 10. The van der Waals surface area contributed by atoms with Crippen molar-refractivity contribution < 1.29 is 19.1 Å². The highest BCUT2D eigenvalue weighted by Crippen LogP contribution is 2.31. The van der Waals surface area contributed by atoms with E-state index in [2.05, 4.69) is 6.92 Å². The number of carbonyl (C=O) groups is 2. The maximum Gasteiger partial charge on any atom is 0.309 e. The fourth-order valence-electron chi connectivity index (χ4n) is 3.35. The third-order valence-corrected chi connectivity index (χ3v) is 4.74. The summed E-state index contributed by atoms with van der Waals surface area (Å²) in [6.45, 7) is 8.36. The smallest absolute Gasteiger partial charge is 0.309 e. The summed E-state index contributed by atoms with van der Waals surface area (Å²) >= 11 is 0.